The molecule has 1 amide bonds. The van der Waals surface area contributed by atoms with Crippen LogP contribution in [0.3, 0.4) is 0 Å². The number of carbonyl (C=O) groups is 2. The van der Waals surface area contributed by atoms with Gasteiger partial charge in [-0.25, -0.2) is 0 Å². The first kappa shape index (κ1) is 19.8. The van der Waals surface area contributed by atoms with Crippen LogP contribution in [-0.4, -0.2) is 23.3 Å². The van der Waals surface area contributed by atoms with Gasteiger partial charge in [-0.2, -0.15) is 0 Å². The molecular formula is C26H23NO3. The summed E-state index contributed by atoms with van der Waals surface area (Å²) in [6, 6.07) is 24.1. The number of Topliss-reactive ketones (excluding diaryl/α,β-unsaturated/α-hetero) is 1. The van der Waals surface area contributed by atoms with Crippen LogP contribution in [0.15, 0.2) is 84.9 Å². The van der Waals surface area contributed by atoms with Gasteiger partial charge in [-0.3, -0.25) is 9.59 Å². The number of aliphatic hydroxyl groups is 1. The van der Waals surface area contributed by atoms with E-state index in [4.69, 9.17) is 0 Å². The molecule has 1 unspecified atom stereocenters. The summed E-state index contributed by atoms with van der Waals surface area (Å²) in [4.78, 5) is 27.6. The minimum atomic E-state index is -1.86. The van der Waals surface area contributed by atoms with Gasteiger partial charge in [0.1, 0.15) is 0 Å². The molecule has 30 heavy (non-hydrogen) atoms. The van der Waals surface area contributed by atoms with E-state index in [0.29, 0.717) is 23.4 Å². The SMILES string of the molecule is Cc1ccc(C(=O)CC2(O)C(=O)N(C/C=C/c3ccccc3)c3ccccc32)cc1. The van der Waals surface area contributed by atoms with Crippen LogP contribution in [-0.2, 0) is 10.4 Å². The lowest BCUT2D eigenvalue weighted by molar-refractivity contribution is -0.135. The van der Waals surface area contributed by atoms with E-state index in [9.17, 15) is 14.7 Å². The molecule has 4 heteroatoms. The van der Waals surface area contributed by atoms with Crippen LogP contribution < -0.4 is 4.90 Å². The van der Waals surface area contributed by atoms with E-state index in [1.165, 1.54) is 4.90 Å². The molecule has 0 bridgehead atoms. The van der Waals surface area contributed by atoms with Crippen molar-refractivity contribution in [1.29, 1.82) is 0 Å². The Bertz CT molecular complexity index is 1100. The lowest BCUT2D eigenvalue weighted by Gasteiger charge is -2.22. The Balaban J connectivity index is 1.59. The molecule has 0 fully saturated rings. The molecule has 0 radical (unpaired) electrons. The minimum Gasteiger partial charge on any atom is -0.375 e. The van der Waals surface area contributed by atoms with Crippen LogP contribution in [0.2, 0.25) is 0 Å². The topological polar surface area (TPSA) is 57.6 Å². The number of amides is 1. The van der Waals surface area contributed by atoms with E-state index in [1.807, 2.05) is 67.6 Å². The zero-order valence-corrected chi connectivity index (χ0v) is 16.8. The molecule has 1 aliphatic rings. The fourth-order valence-corrected chi connectivity index (χ4v) is 3.79. The van der Waals surface area contributed by atoms with Crippen LogP contribution in [0.25, 0.3) is 6.08 Å². The second-order valence-electron chi connectivity index (χ2n) is 7.57. The zero-order valence-electron chi connectivity index (χ0n) is 16.8. The van der Waals surface area contributed by atoms with E-state index in [2.05, 4.69) is 0 Å². The molecule has 4 nitrogen and oxygen atoms in total. The van der Waals surface area contributed by atoms with Gasteiger partial charge < -0.3 is 10.0 Å². The van der Waals surface area contributed by atoms with E-state index >= 15 is 0 Å². The summed E-state index contributed by atoms with van der Waals surface area (Å²) in [5, 5.41) is 11.3. The number of fused-ring (bicyclic) bond motifs is 1. The number of rotatable bonds is 6. The Hall–Kier alpha value is -3.50. The van der Waals surface area contributed by atoms with Gasteiger partial charge in [-0.1, -0.05) is 90.5 Å². The summed E-state index contributed by atoms with van der Waals surface area (Å²) < 4.78 is 0. The number of ketones is 1. The molecule has 0 saturated carbocycles. The predicted octanol–water partition coefficient (Wildman–Crippen LogP) is 4.52. The molecule has 1 aliphatic heterocycles. The van der Waals surface area contributed by atoms with E-state index in [-0.39, 0.29) is 12.2 Å². The summed E-state index contributed by atoms with van der Waals surface area (Å²) in [5.74, 6) is -0.732. The highest BCUT2D eigenvalue weighted by molar-refractivity contribution is 6.10. The molecule has 1 N–H and O–H groups in total. The summed E-state index contributed by atoms with van der Waals surface area (Å²) in [7, 11) is 0. The van der Waals surface area contributed by atoms with Crippen LogP contribution in [0, 0.1) is 6.92 Å². The van der Waals surface area contributed by atoms with Crippen LogP contribution in [0.5, 0.6) is 0 Å². The second kappa shape index (κ2) is 8.09. The van der Waals surface area contributed by atoms with Gasteiger partial charge in [0.15, 0.2) is 11.4 Å². The standard InChI is InChI=1S/C26H23NO3/c1-19-13-15-21(16-14-19)24(28)18-26(30)22-11-5-6-12-23(22)27(25(26)29)17-7-10-20-8-3-2-4-9-20/h2-16,30H,17-18H2,1H3/b10-7+. The number of benzene rings is 3. The van der Waals surface area contributed by atoms with Crippen molar-refractivity contribution in [3.8, 4) is 0 Å². The predicted molar refractivity (Wildman–Crippen MR) is 118 cm³/mol. The Morgan fingerprint density at radius 3 is 2.37 bits per heavy atom. The highest BCUT2D eigenvalue weighted by atomic mass is 16.3. The first-order chi connectivity index (χ1) is 14.5. The van der Waals surface area contributed by atoms with Crippen molar-refractivity contribution in [1.82, 2.24) is 0 Å². The third-order valence-corrected chi connectivity index (χ3v) is 5.43. The van der Waals surface area contributed by atoms with Gasteiger partial charge >= 0.3 is 0 Å². The number of carbonyl (C=O) groups excluding carboxylic acids is 2. The largest absolute Gasteiger partial charge is 0.375 e. The molecule has 0 aromatic heterocycles. The summed E-state index contributed by atoms with van der Waals surface area (Å²) >= 11 is 0. The van der Waals surface area contributed by atoms with Crippen molar-refractivity contribution in [2.45, 2.75) is 18.9 Å². The molecule has 1 atom stereocenters. The van der Waals surface area contributed by atoms with Gasteiger partial charge in [0, 0.05) is 17.7 Å². The molecule has 0 aliphatic carbocycles. The minimum absolute atomic E-state index is 0.262. The van der Waals surface area contributed by atoms with Gasteiger partial charge in [0.05, 0.1) is 12.1 Å². The van der Waals surface area contributed by atoms with Crippen molar-refractivity contribution >= 4 is 23.5 Å². The lowest BCUT2D eigenvalue weighted by Crippen LogP contribution is -2.42. The van der Waals surface area contributed by atoms with Crippen molar-refractivity contribution in [2.24, 2.45) is 0 Å². The molecule has 3 aromatic carbocycles. The van der Waals surface area contributed by atoms with Crippen molar-refractivity contribution in [3.63, 3.8) is 0 Å². The van der Waals surface area contributed by atoms with Crippen LogP contribution in [0.4, 0.5) is 5.69 Å². The average Bonchev–Trinajstić information content (AvgIpc) is 2.97. The first-order valence-corrected chi connectivity index (χ1v) is 9.94. The molecule has 0 saturated heterocycles. The zero-order chi connectivity index (χ0) is 21.1. The molecular weight excluding hydrogens is 374 g/mol. The first-order valence-electron chi connectivity index (χ1n) is 9.94. The summed E-state index contributed by atoms with van der Waals surface area (Å²) in [5.41, 5.74) is 1.81. The molecule has 1 heterocycles. The van der Waals surface area contributed by atoms with Gasteiger partial charge in [0.2, 0.25) is 0 Å². The number of hydrogen-bond donors (Lipinski definition) is 1. The van der Waals surface area contributed by atoms with Crippen LogP contribution in [0.1, 0.15) is 33.5 Å². The van der Waals surface area contributed by atoms with Crippen molar-refractivity contribution in [2.75, 3.05) is 11.4 Å². The number of hydrogen-bond acceptors (Lipinski definition) is 3. The smallest absolute Gasteiger partial charge is 0.264 e. The normalized spacial score (nSPS) is 18.1. The van der Waals surface area contributed by atoms with Crippen LogP contribution >= 0.6 is 0 Å². The monoisotopic (exact) mass is 397 g/mol. The maximum absolute atomic E-state index is 13.2. The molecule has 3 aromatic rings. The maximum atomic E-state index is 13.2. The van der Waals surface area contributed by atoms with Gasteiger partial charge in [-0.05, 0) is 18.6 Å². The Kier molecular flexibility index (Phi) is 5.34. The average molecular weight is 397 g/mol. The van der Waals surface area contributed by atoms with Crippen molar-refractivity contribution in [3.05, 3.63) is 107 Å². The third kappa shape index (κ3) is 3.70. The van der Waals surface area contributed by atoms with Gasteiger partial charge in [-0.15, -0.1) is 0 Å². The maximum Gasteiger partial charge on any atom is 0.264 e. The second-order valence-corrected chi connectivity index (χ2v) is 7.57. The summed E-state index contributed by atoms with van der Waals surface area (Å²) in [6.45, 7) is 2.26. The number of para-hydroxylation sites is 1. The third-order valence-electron chi connectivity index (χ3n) is 5.43. The summed E-state index contributed by atoms with van der Waals surface area (Å²) in [6.07, 6.45) is 3.53. The van der Waals surface area contributed by atoms with Gasteiger partial charge in [0.25, 0.3) is 5.91 Å². The highest BCUT2D eigenvalue weighted by Gasteiger charge is 2.50. The van der Waals surface area contributed by atoms with E-state index in [1.54, 1.807) is 30.3 Å². The fraction of sp³-hybridized carbons (Fsp3) is 0.154. The Morgan fingerprint density at radius 1 is 0.967 bits per heavy atom. The quantitative estimate of drug-likeness (QED) is 0.623. The fourth-order valence-electron chi connectivity index (χ4n) is 3.79. The Morgan fingerprint density at radius 2 is 1.63 bits per heavy atom. The Labute approximate surface area is 176 Å². The molecule has 0 spiro atoms. The number of anilines is 1. The molecule has 4 rings (SSSR count). The van der Waals surface area contributed by atoms with E-state index in [0.717, 1.165) is 11.1 Å². The molecule has 150 valence electrons. The highest BCUT2D eigenvalue weighted by Crippen LogP contribution is 2.42. The van der Waals surface area contributed by atoms with Crippen molar-refractivity contribution < 1.29 is 14.7 Å². The number of aryl methyl sites for hydroxylation is 1. The number of nitrogens with zero attached hydrogens (tertiary/aromatic N) is 1. The van der Waals surface area contributed by atoms with E-state index < -0.39 is 11.5 Å². The lowest BCUT2D eigenvalue weighted by atomic mass is 9.88.